The molecule has 1 aromatic rings. The smallest absolute Gasteiger partial charge is 0.122 e. The second-order valence-electron chi connectivity index (χ2n) is 6.31. The third-order valence-corrected chi connectivity index (χ3v) is 4.35. The molecule has 0 bridgehead atoms. The van der Waals surface area contributed by atoms with Crippen molar-refractivity contribution in [1.29, 1.82) is 0 Å². The van der Waals surface area contributed by atoms with Crippen LogP contribution in [0.5, 0.6) is 5.75 Å². The van der Waals surface area contributed by atoms with Crippen molar-refractivity contribution >= 4 is 0 Å². The van der Waals surface area contributed by atoms with Crippen LogP contribution >= 0.6 is 0 Å². The zero-order chi connectivity index (χ0) is 61.9. The predicted molar refractivity (Wildman–Crippen MR) is 129 cm³/mol. The van der Waals surface area contributed by atoms with Gasteiger partial charge in [0.25, 0.3) is 0 Å². The van der Waals surface area contributed by atoms with Crippen LogP contribution in [0.15, 0.2) is 18.2 Å². The average molecular weight is 407 g/mol. The molecule has 0 heterocycles. The molecule has 19 heavy (non-hydrogen) atoms. The Hall–Kier alpha value is -1.02. The minimum Gasteiger partial charge on any atom is -0.493 e. The van der Waals surface area contributed by atoms with Crippen LogP contribution in [0.25, 0.3) is 0 Å². The molecule has 1 saturated carbocycles. The van der Waals surface area contributed by atoms with Crippen LogP contribution in [0, 0.1) is 5.41 Å². The lowest BCUT2D eigenvalue weighted by Crippen LogP contribution is -2.17. The van der Waals surface area contributed by atoms with E-state index in [4.69, 9.17) is 76.0 Å². The summed E-state index contributed by atoms with van der Waals surface area (Å²) in [5.41, 5.74) is 2.61. The van der Waals surface area contributed by atoms with Gasteiger partial charge in [0.05, 0.1) is 13.2 Å². The van der Waals surface area contributed by atoms with Crippen molar-refractivity contribution in [3.05, 3.63) is 29.3 Å². The highest BCUT2D eigenvalue weighted by atomic mass is 16.5. The van der Waals surface area contributed by atoms with Gasteiger partial charge in [-0.25, -0.2) is 0 Å². The Kier molecular flexibility index (Phi) is 0.880. The first kappa shape index (κ1) is 2.81. The summed E-state index contributed by atoms with van der Waals surface area (Å²) < 4.78 is 246. The van der Waals surface area contributed by atoms with Crippen LogP contribution in [0.3, 0.4) is 0 Å². The molecular weight excluding hydrogens is 236 g/mol. The van der Waals surface area contributed by atoms with Crippen LogP contribution in [-0.2, 0) is 6.61 Å². The molecule has 1 N–H and O–H groups in total. The molecule has 1 atom stereocenters. The lowest BCUT2D eigenvalue weighted by Gasteiger charge is -2.29. The first-order chi connectivity index (χ1) is 33.1. The highest BCUT2D eigenvalue weighted by Crippen LogP contribution is 2.51. The maximum absolute atomic E-state index is 9.36. The minimum atomic E-state index is 0.105. The van der Waals surface area contributed by atoms with Crippen LogP contribution in [0.4, 0.5) is 0 Å². The van der Waals surface area contributed by atoms with Crippen molar-refractivity contribution in [2.24, 2.45) is 5.41 Å². The van der Waals surface area contributed by atoms with Crippen molar-refractivity contribution in [2.75, 3.05) is 6.61 Å². The fraction of sp³-hybridized carbons (Fsp3) is 0.647. The van der Waals surface area contributed by atoms with E-state index in [0.717, 1.165) is 24.3 Å². The molecule has 2 heteroatoms. The number of aliphatic hydroxyl groups excluding tert-OH is 1. The second kappa shape index (κ2) is 5.96. The number of rotatable bonds is 5. The van der Waals surface area contributed by atoms with Crippen molar-refractivity contribution in [3.63, 3.8) is 0 Å². The molecule has 1 fully saturated rings. The second-order valence-corrected chi connectivity index (χ2v) is 6.31. The summed E-state index contributed by atoms with van der Waals surface area (Å²) in [4.78, 5) is 0. The Labute approximate surface area is 190 Å². The maximum atomic E-state index is 9.36. The van der Waals surface area contributed by atoms with Crippen LogP contribution in [0.2, 0.25) is 0 Å². The van der Waals surface area contributed by atoms with E-state index in [2.05, 4.69) is 26.8 Å². The molecule has 0 aromatic heterocycles. The summed E-state index contributed by atoms with van der Waals surface area (Å²) in [6.07, 6.45) is 4.81. The third-order valence-electron chi connectivity index (χ3n) is 4.35. The normalized spacial score (nSPS) is 31.7. The SMILES string of the molecule is CCCOc1ccc(CO)cc1[C@@H]1CCCC1(C)C.[3H][3H].[3H][3H].[3H][3H].[3H][3H].[3H][3H].[3H][3H].[3H][3H].[3H][3H].[3H][3H].[3H][3H].[3H][3H].[3H][3H].[3H][3H].[3H][3H].[3H][3H].[3H][3H].[3H][3H].[3H][3H].[3H][3H].[3H][3H].[3H][3H].[3H][3H].[3H][3H].[3H][3H]. The number of hydrogen-bond donors (Lipinski definition) is 1. The van der Waals surface area contributed by atoms with Crippen LogP contribution < -0.4 is 4.74 Å². The molecule has 2 rings (SSSR count). The van der Waals surface area contributed by atoms with Crippen molar-refractivity contribution < 1.29 is 81.1 Å². The minimum absolute atomic E-state index is 0.105. The Morgan fingerprint density at radius 3 is 2.84 bits per heavy atom. The van der Waals surface area contributed by atoms with E-state index in [1.807, 2.05) is 12.1 Å². The quantitative estimate of drug-likeness (QED) is 0.526. The van der Waals surface area contributed by atoms with Gasteiger partial charge >= 0.3 is 0 Å². The fourth-order valence-corrected chi connectivity index (χ4v) is 3.22. The summed E-state index contributed by atoms with van der Waals surface area (Å²) in [5, 5.41) is 9.36. The first-order valence-electron chi connectivity index (χ1n) is 31.4. The number of hydrogen-bond acceptors (Lipinski definition) is 2. The van der Waals surface area contributed by atoms with E-state index in [1.165, 1.54) is 24.8 Å². The van der Waals surface area contributed by atoms with E-state index in [1.54, 1.807) is 0 Å². The molecule has 0 spiro atoms. The zero-order valence-electron chi connectivity index (χ0n) is 60.4. The van der Waals surface area contributed by atoms with Gasteiger partial charge in [-0.3, -0.25) is 0 Å². The Bertz CT molecular complexity index is 481. The molecule has 1 aromatic carbocycles. The molecule has 0 unspecified atom stereocenters. The summed E-state index contributed by atoms with van der Waals surface area (Å²) in [7, 11) is 0. The Morgan fingerprint density at radius 2 is 2.26 bits per heavy atom. The third kappa shape index (κ3) is 3.11. The van der Waals surface area contributed by atoms with Crippen LogP contribution in [-0.4, -0.2) is 11.7 Å². The lowest BCUT2D eigenvalue weighted by molar-refractivity contribution is 0.277. The molecule has 0 saturated heterocycles. The number of ether oxygens (including phenoxy) is 1. The van der Waals surface area contributed by atoms with Gasteiger partial charge in [-0.2, -0.15) is 0 Å². The predicted octanol–water partition coefficient (Wildman–Crippen LogP) is 10.2. The highest BCUT2D eigenvalue weighted by molar-refractivity contribution is 5.41. The fourth-order valence-electron chi connectivity index (χ4n) is 3.22. The van der Waals surface area contributed by atoms with Crippen molar-refractivity contribution in [2.45, 2.75) is 59.0 Å². The average Bonchev–Trinajstić information content (AvgIpc) is 3.88. The van der Waals surface area contributed by atoms with Crippen LogP contribution in [0.1, 0.15) is 135 Å². The van der Waals surface area contributed by atoms with Gasteiger partial charge in [-0.15, -0.1) is 0 Å². The molecule has 154 valence electrons. The summed E-state index contributed by atoms with van der Waals surface area (Å²) in [6.45, 7) is 7.69. The lowest BCUT2D eigenvalue weighted by atomic mass is 9.77. The summed E-state index contributed by atoms with van der Waals surface area (Å²) in [5.74, 6) is 1.56. The van der Waals surface area contributed by atoms with Gasteiger partial charge in [0, 0.05) is 71.3 Å². The van der Waals surface area contributed by atoms with Gasteiger partial charge in [0.1, 0.15) is 5.75 Å². The standard InChI is InChI=1S/C17H26O2.24H2/c1-4-10-19-16-8-7-13(12-18)11-14(16)15-6-5-9-17(15,2)3;;;;;;;;;;;;;;;;;;;;;;;;/h7-8,11,15,18H,4-6,9-10,12H2,1-3H3;24*1H/t15-;;;;;;;;;;;;;;;;;;;;;;;;/m0......................../s1/i;24*1+2T. The molecule has 0 amide bonds. The first-order valence-corrected chi connectivity index (χ1v) is 7.45. The monoisotopic (exact) mass is 407 g/mol. The van der Waals surface area contributed by atoms with Gasteiger partial charge in [0.15, 0.2) is 0 Å². The zero-order valence-corrected chi connectivity index (χ0v) is 12.4. The molecule has 2 nitrogen and oxygen atoms in total. The Balaban J connectivity index is -0.0000000165. The van der Waals surface area contributed by atoms with Gasteiger partial charge in [-0.05, 0) is 53.9 Å². The molecule has 0 radical (unpaired) electrons. The van der Waals surface area contributed by atoms with Crippen molar-refractivity contribution in [3.8, 4) is 5.75 Å². The van der Waals surface area contributed by atoms with E-state index >= 15 is 0 Å². The number of aliphatic hydroxyl groups is 1. The maximum Gasteiger partial charge on any atom is 0.122 e. The van der Waals surface area contributed by atoms with E-state index < -0.39 is 0 Å². The topological polar surface area (TPSA) is 29.5 Å². The molecule has 1 aliphatic carbocycles. The molecular formula is C17H74O2. The largest absolute Gasteiger partial charge is 0.493 e. The molecule has 0 aliphatic heterocycles. The highest BCUT2D eigenvalue weighted by Gasteiger charge is 2.37. The van der Waals surface area contributed by atoms with Gasteiger partial charge < -0.3 is 9.84 Å². The summed E-state index contributed by atoms with van der Waals surface area (Å²) in [6, 6.07) is 6.14. The van der Waals surface area contributed by atoms with E-state index in [-0.39, 0.29) is 6.61 Å². The van der Waals surface area contributed by atoms with E-state index in [0.29, 0.717) is 11.3 Å². The van der Waals surface area contributed by atoms with Gasteiger partial charge in [-0.1, -0.05) is 33.3 Å². The number of benzene rings is 1. The van der Waals surface area contributed by atoms with Gasteiger partial charge in [0.2, 0.25) is 0 Å². The summed E-state index contributed by atoms with van der Waals surface area (Å²) >= 11 is 0. The molecule has 1 aliphatic rings. The van der Waals surface area contributed by atoms with E-state index in [9.17, 15) is 5.11 Å². The van der Waals surface area contributed by atoms with Crippen molar-refractivity contribution in [1.82, 2.24) is 0 Å². The Morgan fingerprint density at radius 1 is 1.47 bits per heavy atom.